The Balaban J connectivity index is 1.77. The standard InChI is InChI=1S/C17H24O3S/c18-21(19,20)13-6-2-1-3-8-15-9-7-12-17(14-15)16-10-4-5-11-16/h2,6-7,9,12,14,16H,1,3-5,8,10-11,13H2,(H,18,19,20). The second-order valence-corrected chi connectivity index (χ2v) is 7.34. The summed E-state index contributed by atoms with van der Waals surface area (Å²) in [4.78, 5) is 0. The maximum atomic E-state index is 10.6. The molecule has 0 amide bonds. The van der Waals surface area contributed by atoms with Gasteiger partial charge < -0.3 is 0 Å². The smallest absolute Gasteiger partial charge is 0.268 e. The van der Waals surface area contributed by atoms with E-state index in [1.807, 2.05) is 6.08 Å². The molecule has 21 heavy (non-hydrogen) atoms. The van der Waals surface area contributed by atoms with Crippen LogP contribution in [0.4, 0.5) is 0 Å². The average molecular weight is 308 g/mol. The zero-order chi connectivity index (χ0) is 15.1. The molecule has 0 aliphatic heterocycles. The molecule has 1 fully saturated rings. The van der Waals surface area contributed by atoms with Crippen LogP contribution in [0.5, 0.6) is 0 Å². The van der Waals surface area contributed by atoms with E-state index in [4.69, 9.17) is 4.55 Å². The maximum Gasteiger partial charge on any atom is 0.268 e. The molecule has 4 heteroatoms. The molecule has 1 aromatic rings. The van der Waals surface area contributed by atoms with Crippen LogP contribution in [0.2, 0.25) is 0 Å². The minimum atomic E-state index is -3.87. The van der Waals surface area contributed by atoms with Gasteiger partial charge in [0.25, 0.3) is 10.1 Å². The van der Waals surface area contributed by atoms with Gasteiger partial charge in [-0.3, -0.25) is 4.55 Å². The van der Waals surface area contributed by atoms with Crippen molar-refractivity contribution in [2.45, 2.75) is 50.9 Å². The number of unbranched alkanes of at least 4 members (excludes halogenated alkanes) is 1. The summed E-state index contributed by atoms with van der Waals surface area (Å²) in [6.45, 7) is 0. The molecule has 0 radical (unpaired) electrons. The molecule has 0 unspecified atom stereocenters. The van der Waals surface area contributed by atoms with E-state index in [1.165, 1.54) is 42.9 Å². The minimum absolute atomic E-state index is 0.288. The third-order valence-electron chi connectivity index (χ3n) is 4.09. The van der Waals surface area contributed by atoms with E-state index in [9.17, 15) is 8.42 Å². The molecule has 1 saturated carbocycles. The van der Waals surface area contributed by atoms with Gasteiger partial charge >= 0.3 is 0 Å². The topological polar surface area (TPSA) is 54.4 Å². The predicted molar refractivity (Wildman–Crippen MR) is 86.1 cm³/mol. The molecule has 1 aliphatic carbocycles. The summed E-state index contributed by atoms with van der Waals surface area (Å²) >= 11 is 0. The third-order valence-corrected chi connectivity index (χ3v) is 4.70. The second-order valence-electron chi connectivity index (χ2n) is 5.84. The highest BCUT2D eigenvalue weighted by Gasteiger charge is 2.16. The summed E-state index contributed by atoms with van der Waals surface area (Å²) < 4.78 is 29.7. The summed E-state index contributed by atoms with van der Waals surface area (Å²) in [5, 5.41) is 0. The Labute approximate surface area is 127 Å². The Hall–Kier alpha value is -1.13. The monoisotopic (exact) mass is 308 g/mol. The first-order chi connectivity index (χ1) is 10.0. The van der Waals surface area contributed by atoms with Crippen LogP contribution in [-0.4, -0.2) is 18.7 Å². The highest BCUT2D eigenvalue weighted by atomic mass is 32.2. The fourth-order valence-corrected chi connectivity index (χ4v) is 3.37. The molecule has 2 rings (SSSR count). The van der Waals surface area contributed by atoms with E-state index in [1.54, 1.807) is 0 Å². The lowest BCUT2D eigenvalue weighted by molar-refractivity contribution is 0.486. The van der Waals surface area contributed by atoms with Crippen LogP contribution in [0.25, 0.3) is 0 Å². The number of hydrogen-bond donors (Lipinski definition) is 1. The lowest BCUT2D eigenvalue weighted by Crippen LogP contribution is -2.00. The molecular weight excluding hydrogens is 284 g/mol. The average Bonchev–Trinajstić information content (AvgIpc) is 2.96. The number of rotatable bonds is 7. The molecule has 1 N–H and O–H groups in total. The van der Waals surface area contributed by atoms with Crippen molar-refractivity contribution in [3.63, 3.8) is 0 Å². The first-order valence-corrected chi connectivity index (χ1v) is 9.34. The van der Waals surface area contributed by atoms with Crippen LogP contribution in [-0.2, 0) is 16.5 Å². The SMILES string of the molecule is O=S(=O)(O)CC=CCCCc1cccc(C2CCCC2)c1. The van der Waals surface area contributed by atoms with Gasteiger partial charge in [0.1, 0.15) is 0 Å². The van der Waals surface area contributed by atoms with Crippen molar-refractivity contribution in [2.75, 3.05) is 5.75 Å². The van der Waals surface area contributed by atoms with Gasteiger partial charge in [0, 0.05) is 0 Å². The summed E-state index contributed by atoms with van der Waals surface area (Å²) in [6.07, 6.45) is 11.5. The molecular formula is C17H24O3S. The minimum Gasteiger partial charge on any atom is -0.285 e. The summed E-state index contributed by atoms with van der Waals surface area (Å²) in [7, 11) is -3.87. The van der Waals surface area contributed by atoms with Crippen molar-refractivity contribution in [2.24, 2.45) is 0 Å². The van der Waals surface area contributed by atoms with Crippen LogP contribution in [0, 0.1) is 0 Å². The zero-order valence-electron chi connectivity index (χ0n) is 12.4. The molecule has 0 spiro atoms. The molecule has 0 atom stereocenters. The molecule has 1 aliphatic rings. The fraction of sp³-hybridized carbons (Fsp3) is 0.529. The van der Waals surface area contributed by atoms with Crippen molar-refractivity contribution >= 4 is 10.1 Å². The van der Waals surface area contributed by atoms with Crippen molar-refractivity contribution in [1.82, 2.24) is 0 Å². The van der Waals surface area contributed by atoms with Crippen molar-refractivity contribution in [3.05, 3.63) is 47.5 Å². The van der Waals surface area contributed by atoms with E-state index in [0.717, 1.165) is 25.2 Å². The normalized spacial score (nSPS) is 16.8. The van der Waals surface area contributed by atoms with Crippen molar-refractivity contribution in [1.29, 1.82) is 0 Å². The van der Waals surface area contributed by atoms with Crippen molar-refractivity contribution < 1.29 is 13.0 Å². The van der Waals surface area contributed by atoms with Crippen molar-refractivity contribution in [3.8, 4) is 0 Å². The molecule has 0 bridgehead atoms. The summed E-state index contributed by atoms with van der Waals surface area (Å²) in [5.41, 5.74) is 2.84. The number of hydrogen-bond acceptors (Lipinski definition) is 2. The van der Waals surface area contributed by atoms with Crippen LogP contribution >= 0.6 is 0 Å². The fourth-order valence-electron chi connectivity index (χ4n) is 2.99. The van der Waals surface area contributed by atoms with Gasteiger partial charge in [-0.1, -0.05) is 49.3 Å². The quantitative estimate of drug-likeness (QED) is 0.468. The Morgan fingerprint density at radius 2 is 1.95 bits per heavy atom. The zero-order valence-corrected chi connectivity index (χ0v) is 13.2. The van der Waals surface area contributed by atoms with Gasteiger partial charge in [0.2, 0.25) is 0 Å². The Morgan fingerprint density at radius 3 is 2.67 bits per heavy atom. The van der Waals surface area contributed by atoms with Gasteiger partial charge in [-0.25, -0.2) is 0 Å². The van der Waals surface area contributed by atoms with E-state index in [2.05, 4.69) is 24.3 Å². The Kier molecular flexibility index (Phi) is 6.00. The Bertz CT molecular complexity index is 569. The number of aryl methyl sites for hydroxylation is 1. The van der Waals surface area contributed by atoms with E-state index in [0.29, 0.717) is 0 Å². The summed E-state index contributed by atoms with van der Waals surface area (Å²) in [5.74, 6) is 0.462. The molecule has 116 valence electrons. The third kappa shape index (κ3) is 6.02. The highest BCUT2D eigenvalue weighted by molar-refractivity contribution is 7.85. The van der Waals surface area contributed by atoms with Gasteiger partial charge in [-0.2, -0.15) is 8.42 Å². The number of allylic oxidation sites excluding steroid dienone is 1. The molecule has 0 aromatic heterocycles. The largest absolute Gasteiger partial charge is 0.285 e. The molecule has 1 aromatic carbocycles. The molecule has 3 nitrogen and oxygen atoms in total. The van der Waals surface area contributed by atoms with Gasteiger partial charge in [-0.05, 0) is 49.1 Å². The van der Waals surface area contributed by atoms with E-state index < -0.39 is 10.1 Å². The van der Waals surface area contributed by atoms with Crippen LogP contribution in [0.3, 0.4) is 0 Å². The van der Waals surface area contributed by atoms with E-state index in [-0.39, 0.29) is 5.75 Å². The van der Waals surface area contributed by atoms with Crippen LogP contribution in [0.15, 0.2) is 36.4 Å². The molecule has 0 saturated heterocycles. The number of benzene rings is 1. The van der Waals surface area contributed by atoms with Gasteiger partial charge in [-0.15, -0.1) is 0 Å². The lowest BCUT2D eigenvalue weighted by Gasteiger charge is -2.11. The predicted octanol–water partition coefficient (Wildman–Crippen LogP) is 4.11. The van der Waals surface area contributed by atoms with Crippen LogP contribution < -0.4 is 0 Å². The van der Waals surface area contributed by atoms with Gasteiger partial charge in [0.05, 0.1) is 5.75 Å². The maximum absolute atomic E-state index is 10.6. The first kappa shape index (κ1) is 16.2. The first-order valence-electron chi connectivity index (χ1n) is 7.73. The lowest BCUT2D eigenvalue weighted by atomic mass is 9.95. The van der Waals surface area contributed by atoms with E-state index >= 15 is 0 Å². The summed E-state index contributed by atoms with van der Waals surface area (Å²) in [6, 6.07) is 8.89. The van der Waals surface area contributed by atoms with Crippen LogP contribution in [0.1, 0.15) is 55.6 Å². The Morgan fingerprint density at radius 1 is 1.19 bits per heavy atom. The highest BCUT2D eigenvalue weighted by Crippen LogP contribution is 2.34. The molecule has 0 heterocycles. The van der Waals surface area contributed by atoms with Gasteiger partial charge in [0.15, 0.2) is 0 Å². The second kappa shape index (κ2) is 7.76.